The maximum absolute atomic E-state index is 15.3. The van der Waals surface area contributed by atoms with Crippen LogP contribution in [0.1, 0.15) is 90.9 Å². The van der Waals surface area contributed by atoms with E-state index in [1.54, 1.807) is 12.3 Å². The van der Waals surface area contributed by atoms with Crippen LogP contribution < -0.4 is 9.47 Å². The van der Waals surface area contributed by atoms with E-state index in [1.807, 2.05) is 24.3 Å². The largest absolute Gasteiger partial charge is 0.494 e. The molecule has 2 aromatic carbocycles. The normalized spacial score (nSPS) is 11.1. The van der Waals surface area contributed by atoms with Gasteiger partial charge in [-0.3, -0.25) is 0 Å². The molecule has 0 saturated heterocycles. The van der Waals surface area contributed by atoms with Crippen molar-refractivity contribution in [3.63, 3.8) is 0 Å². The highest BCUT2D eigenvalue weighted by Gasteiger charge is 2.23. The summed E-state index contributed by atoms with van der Waals surface area (Å²) < 4.78 is 41.9. The Labute approximate surface area is 220 Å². The van der Waals surface area contributed by atoms with Crippen LogP contribution in [0.3, 0.4) is 0 Å². The minimum Gasteiger partial charge on any atom is -0.494 e. The van der Waals surface area contributed by atoms with Crippen LogP contribution >= 0.6 is 0 Å². The van der Waals surface area contributed by atoms with E-state index in [9.17, 15) is 4.39 Å². The fraction of sp³-hybridized carbons (Fsp3) is 0.516. The Morgan fingerprint density at radius 1 is 0.730 bits per heavy atom. The number of benzene rings is 2. The topological polar surface area (TPSA) is 47.1 Å². The lowest BCUT2D eigenvalue weighted by atomic mass is 9.97. The van der Waals surface area contributed by atoms with Crippen LogP contribution in [-0.2, 0) is 0 Å². The summed E-state index contributed by atoms with van der Waals surface area (Å²) in [6, 6.07) is 9.06. The molecule has 0 bridgehead atoms. The molecule has 4 nitrogen and oxygen atoms in total. The van der Waals surface area contributed by atoms with Gasteiger partial charge in [-0.1, -0.05) is 90.2 Å². The smallest absolute Gasteiger partial charge is 0.201 e. The van der Waals surface area contributed by atoms with Gasteiger partial charge < -0.3 is 14.5 Å². The van der Waals surface area contributed by atoms with Crippen molar-refractivity contribution in [3.05, 3.63) is 54.4 Å². The lowest BCUT2D eigenvalue weighted by Crippen LogP contribution is -2.04. The predicted molar refractivity (Wildman–Crippen MR) is 147 cm³/mol. The van der Waals surface area contributed by atoms with Crippen LogP contribution in [0.15, 0.2) is 42.7 Å². The molecule has 0 aliphatic carbocycles. The highest BCUT2D eigenvalue weighted by Crippen LogP contribution is 2.39. The lowest BCUT2D eigenvalue weighted by molar-refractivity contribution is 0.285. The van der Waals surface area contributed by atoms with Gasteiger partial charge in [0.25, 0.3) is 0 Å². The number of H-pyrrole nitrogens is 1. The molecular formula is C31H42F2N2O2. The van der Waals surface area contributed by atoms with E-state index >= 15 is 4.39 Å². The van der Waals surface area contributed by atoms with Gasteiger partial charge in [0.2, 0.25) is 5.82 Å². The maximum Gasteiger partial charge on any atom is 0.201 e. The summed E-state index contributed by atoms with van der Waals surface area (Å²) >= 11 is 0. The van der Waals surface area contributed by atoms with Gasteiger partial charge in [0.05, 0.1) is 18.8 Å². The molecule has 0 saturated carbocycles. The number of aromatic nitrogens is 2. The van der Waals surface area contributed by atoms with Crippen LogP contribution in [0.5, 0.6) is 11.5 Å². The van der Waals surface area contributed by atoms with Gasteiger partial charge in [0.15, 0.2) is 11.6 Å². The molecular weight excluding hydrogens is 470 g/mol. The number of hydrogen-bond donors (Lipinski definition) is 1. The van der Waals surface area contributed by atoms with Crippen LogP contribution in [0, 0.1) is 11.6 Å². The van der Waals surface area contributed by atoms with Crippen LogP contribution in [0.4, 0.5) is 8.78 Å². The molecule has 0 amide bonds. The molecule has 1 N–H and O–H groups in total. The molecule has 6 heteroatoms. The van der Waals surface area contributed by atoms with E-state index < -0.39 is 11.6 Å². The first-order valence-corrected chi connectivity index (χ1v) is 14.0. The Morgan fingerprint density at radius 3 is 1.92 bits per heavy atom. The first-order valence-electron chi connectivity index (χ1n) is 14.0. The Morgan fingerprint density at radius 2 is 1.32 bits per heavy atom. The Bertz CT molecular complexity index is 1040. The van der Waals surface area contributed by atoms with Crippen molar-refractivity contribution in [3.8, 4) is 34.0 Å². The van der Waals surface area contributed by atoms with Crippen molar-refractivity contribution >= 4 is 0 Å². The second-order valence-electron chi connectivity index (χ2n) is 9.62. The minimum atomic E-state index is -0.986. The van der Waals surface area contributed by atoms with Crippen molar-refractivity contribution < 1.29 is 18.3 Å². The molecule has 0 radical (unpaired) electrons. The van der Waals surface area contributed by atoms with Crippen molar-refractivity contribution in [1.29, 1.82) is 0 Å². The van der Waals surface area contributed by atoms with Gasteiger partial charge in [-0.2, -0.15) is 4.39 Å². The van der Waals surface area contributed by atoms with Crippen LogP contribution in [0.2, 0.25) is 0 Å². The summed E-state index contributed by atoms with van der Waals surface area (Å²) in [4.78, 5) is 7.09. The molecule has 3 aromatic rings. The minimum absolute atomic E-state index is 0.0697. The third-order valence-corrected chi connectivity index (χ3v) is 6.60. The van der Waals surface area contributed by atoms with Gasteiger partial charge in [-0.25, -0.2) is 9.37 Å². The molecule has 0 atom stereocenters. The highest BCUT2D eigenvalue weighted by atomic mass is 19.2. The summed E-state index contributed by atoms with van der Waals surface area (Å²) in [6.07, 6.45) is 16.9. The molecule has 1 aromatic heterocycles. The van der Waals surface area contributed by atoms with Crippen molar-refractivity contribution in [1.82, 2.24) is 9.97 Å². The number of aromatic amines is 1. The standard InChI is InChI=1S/C31H42F2N2O2/c1-3-5-7-9-11-13-21-36-25-17-15-24(16-18-25)26-23-27(37-22-14-12-10-8-6-4-2)29(32)30(33)28(26)31-34-19-20-35-31/h15-20,23H,3-14,21-22H2,1-2H3,(H,34,35). The number of hydrogen-bond acceptors (Lipinski definition) is 3. The summed E-state index contributed by atoms with van der Waals surface area (Å²) in [7, 11) is 0. The maximum atomic E-state index is 15.3. The molecule has 37 heavy (non-hydrogen) atoms. The average molecular weight is 513 g/mol. The third kappa shape index (κ3) is 8.87. The fourth-order valence-electron chi connectivity index (χ4n) is 4.44. The van der Waals surface area contributed by atoms with Crippen LogP contribution in [-0.4, -0.2) is 23.2 Å². The van der Waals surface area contributed by atoms with E-state index in [0.717, 1.165) is 37.0 Å². The Balaban J connectivity index is 1.70. The summed E-state index contributed by atoms with van der Waals surface area (Å²) in [5.74, 6) is -0.982. The SMILES string of the molecule is CCCCCCCCOc1ccc(-c2cc(OCCCCCCCC)c(F)c(F)c2-c2ncc[nH]2)cc1. The van der Waals surface area contributed by atoms with Crippen LogP contribution in [0.25, 0.3) is 22.5 Å². The number of ether oxygens (including phenoxy) is 2. The zero-order chi connectivity index (χ0) is 26.3. The Hall–Kier alpha value is -2.89. The monoisotopic (exact) mass is 512 g/mol. The number of imidazole rings is 1. The average Bonchev–Trinajstić information content (AvgIpc) is 3.45. The zero-order valence-corrected chi connectivity index (χ0v) is 22.5. The molecule has 202 valence electrons. The van der Waals surface area contributed by atoms with E-state index in [0.29, 0.717) is 18.8 Å². The molecule has 3 rings (SSSR count). The molecule has 1 heterocycles. The van der Waals surface area contributed by atoms with Crippen molar-refractivity contribution in [2.45, 2.75) is 90.9 Å². The Kier molecular flexibility index (Phi) is 12.4. The number of unbranched alkanes of at least 4 members (excludes halogenated alkanes) is 10. The van der Waals surface area contributed by atoms with Gasteiger partial charge in [0, 0.05) is 12.4 Å². The zero-order valence-electron chi connectivity index (χ0n) is 22.5. The number of nitrogens with one attached hydrogen (secondary N) is 1. The van der Waals surface area contributed by atoms with Crippen molar-refractivity contribution in [2.24, 2.45) is 0 Å². The quantitative estimate of drug-likeness (QED) is 0.173. The molecule has 0 unspecified atom stereocenters. The number of nitrogens with zero attached hydrogens (tertiary/aromatic N) is 1. The van der Waals surface area contributed by atoms with Gasteiger partial charge in [0.1, 0.15) is 11.6 Å². The molecule has 0 fully saturated rings. The molecule has 0 aliphatic heterocycles. The number of rotatable bonds is 18. The molecule has 0 spiro atoms. The third-order valence-electron chi connectivity index (χ3n) is 6.60. The van der Waals surface area contributed by atoms with Gasteiger partial charge in [-0.05, 0) is 42.2 Å². The summed E-state index contributed by atoms with van der Waals surface area (Å²) in [6.45, 7) is 5.42. The second kappa shape index (κ2) is 16.1. The first kappa shape index (κ1) is 28.7. The predicted octanol–water partition coefficient (Wildman–Crippen LogP) is 9.50. The van der Waals surface area contributed by atoms with E-state index in [4.69, 9.17) is 9.47 Å². The van der Waals surface area contributed by atoms with Gasteiger partial charge in [-0.15, -0.1) is 0 Å². The second-order valence-corrected chi connectivity index (χ2v) is 9.62. The van der Waals surface area contributed by atoms with E-state index in [1.165, 1.54) is 57.6 Å². The lowest BCUT2D eigenvalue weighted by Gasteiger charge is -2.15. The van der Waals surface area contributed by atoms with E-state index in [2.05, 4.69) is 23.8 Å². The number of halogens is 2. The highest BCUT2D eigenvalue weighted by molar-refractivity contribution is 5.82. The van der Waals surface area contributed by atoms with E-state index in [-0.39, 0.29) is 17.1 Å². The summed E-state index contributed by atoms with van der Waals surface area (Å²) in [5, 5.41) is 0. The van der Waals surface area contributed by atoms with Gasteiger partial charge >= 0.3 is 0 Å². The first-order chi connectivity index (χ1) is 18.2. The molecule has 0 aliphatic rings. The fourth-order valence-corrected chi connectivity index (χ4v) is 4.44. The summed E-state index contributed by atoms with van der Waals surface area (Å²) in [5.41, 5.74) is 1.35. The van der Waals surface area contributed by atoms with Crippen molar-refractivity contribution in [2.75, 3.05) is 13.2 Å².